The highest BCUT2D eigenvalue weighted by atomic mass is 35.5. The van der Waals surface area contributed by atoms with Gasteiger partial charge in [-0.2, -0.15) is 4.31 Å². The van der Waals surface area contributed by atoms with Crippen LogP contribution in [0.25, 0.3) is 0 Å². The molecule has 154 valence electrons. The van der Waals surface area contributed by atoms with Crippen LogP contribution in [-0.4, -0.2) is 55.8 Å². The van der Waals surface area contributed by atoms with E-state index in [9.17, 15) is 13.2 Å². The fourth-order valence-corrected chi connectivity index (χ4v) is 4.91. The number of sulfonamides is 1. The first-order valence-corrected chi connectivity index (χ1v) is 10.6. The molecule has 1 fully saturated rings. The van der Waals surface area contributed by atoms with Gasteiger partial charge < -0.3 is 10.6 Å². The van der Waals surface area contributed by atoms with Crippen molar-refractivity contribution >= 4 is 28.3 Å². The van der Waals surface area contributed by atoms with Gasteiger partial charge in [0.25, 0.3) is 5.91 Å². The maximum atomic E-state index is 13.1. The molecule has 2 rings (SSSR count). The summed E-state index contributed by atoms with van der Waals surface area (Å²) in [5, 5.41) is 0. The Balaban J connectivity index is 0.00000364. The monoisotopic (exact) mass is 417 g/mol. The van der Waals surface area contributed by atoms with Gasteiger partial charge in [0.05, 0.1) is 4.90 Å². The number of nitrogens with zero attached hydrogens (tertiary/aromatic N) is 2. The first-order valence-electron chi connectivity index (χ1n) is 9.20. The minimum absolute atomic E-state index is 0. The second kappa shape index (κ2) is 8.90. The molecule has 0 spiro atoms. The molecule has 0 aliphatic carbocycles. The molecule has 0 saturated carbocycles. The molecular formula is C19H32ClN3O3S. The van der Waals surface area contributed by atoms with Crippen LogP contribution in [0.3, 0.4) is 0 Å². The number of carbonyl (C=O) groups excluding carboxylic acids is 1. The van der Waals surface area contributed by atoms with Gasteiger partial charge in [-0.3, -0.25) is 4.79 Å². The van der Waals surface area contributed by atoms with Crippen molar-refractivity contribution in [2.24, 2.45) is 11.1 Å². The topological polar surface area (TPSA) is 83.7 Å². The molecule has 1 atom stereocenters. The number of carbonyl (C=O) groups is 1. The summed E-state index contributed by atoms with van der Waals surface area (Å²) >= 11 is 0. The predicted octanol–water partition coefficient (Wildman–Crippen LogP) is 2.65. The summed E-state index contributed by atoms with van der Waals surface area (Å²) in [6, 6.07) is 4.87. The predicted molar refractivity (Wildman–Crippen MR) is 111 cm³/mol. The van der Waals surface area contributed by atoms with Crippen molar-refractivity contribution in [2.45, 2.75) is 52.0 Å². The van der Waals surface area contributed by atoms with Crippen molar-refractivity contribution in [2.75, 3.05) is 26.2 Å². The van der Waals surface area contributed by atoms with Gasteiger partial charge in [0, 0.05) is 37.8 Å². The molecule has 0 aromatic heterocycles. The second-order valence-electron chi connectivity index (χ2n) is 7.68. The zero-order valence-corrected chi connectivity index (χ0v) is 18.5. The standard InChI is InChI=1S/C19H31N3O3S.ClH/c1-6-22(7-2)26(24,25)15-9-8-14(3)16(12-15)18(23)21-11-10-17(20)19(4,5)13-21;/h8-9,12,17H,6-7,10-11,13,20H2,1-5H3;1H. The molecule has 27 heavy (non-hydrogen) atoms. The number of amides is 1. The van der Waals surface area contributed by atoms with Crippen LogP contribution in [0.4, 0.5) is 0 Å². The molecule has 1 saturated heterocycles. The Bertz CT molecular complexity index is 776. The number of rotatable bonds is 5. The van der Waals surface area contributed by atoms with E-state index in [0.29, 0.717) is 31.7 Å². The molecule has 0 bridgehead atoms. The number of halogens is 1. The van der Waals surface area contributed by atoms with E-state index in [1.54, 1.807) is 30.9 Å². The minimum atomic E-state index is -3.59. The summed E-state index contributed by atoms with van der Waals surface area (Å²) in [6.45, 7) is 11.5. The van der Waals surface area contributed by atoms with E-state index in [1.165, 1.54) is 10.4 Å². The molecule has 1 aliphatic rings. The zero-order chi connectivity index (χ0) is 19.7. The lowest BCUT2D eigenvalue weighted by Crippen LogP contribution is -2.54. The van der Waals surface area contributed by atoms with E-state index in [-0.39, 0.29) is 34.7 Å². The largest absolute Gasteiger partial charge is 0.338 e. The van der Waals surface area contributed by atoms with Gasteiger partial charge >= 0.3 is 0 Å². The van der Waals surface area contributed by atoms with Crippen molar-refractivity contribution in [3.8, 4) is 0 Å². The van der Waals surface area contributed by atoms with Crippen LogP contribution in [0.5, 0.6) is 0 Å². The van der Waals surface area contributed by atoms with Crippen molar-refractivity contribution in [3.63, 3.8) is 0 Å². The van der Waals surface area contributed by atoms with E-state index < -0.39 is 10.0 Å². The number of hydrogen-bond acceptors (Lipinski definition) is 4. The van der Waals surface area contributed by atoms with Crippen LogP contribution >= 0.6 is 12.4 Å². The molecule has 6 nitrogen and oxygen atoms in total. The molecule has 1 heterocycles. The van der Waals surface area contributed by atoms with E-state index >= 15 is 0 Å². The molecule has 0 radical (unpaired) electrons. The van der Waals surface area contributed by atoms with Crippen molar-refractivity contribution < 1.29 is 13.2 Å². The second-order valence-corrected chi connectivity index (χ2v) is 9.61. The number of likely N-dealkylation sites (tertiary alicyclic amines) is 1. The third-order valence-electron chi connectivity index (χ3n) is 5.38. The molecule has 1 aromatic rings. The van der Waals surface area contributed by atoms with Gasteiger partial charge in [0.1, 0.15) is 0 Å². The number of nitrogens with two attached hydrogens (primary N) is 1. The van der Waals surface area contributed by atoms with Crippen LogP contribution in [0.2, 0.25) is 0 Å². The van der Waals surface area contributed by atoms with E-state index in [4.69, 9.17) is 5.73 Å². The van der Waals surface area contributed by atoms with Crippen LogP contribution in [0.15, 0.2) is 23.1 Å². The summed E-state index contributed by atoms with van der Waals surface area (Å²) < 4.78 is 27.0. The molecular weight excluding hydrogens is 386 g/mol. The lowest BCUT2D eigenvalue weighted by atomic mass is 9.79. The number of hydrogen-bond donors (Lipinski definition) is 1. The Morgan fingerprint density at radius 3 is 2.41 bits per heavy atom. The van der Waals surface area contributed by atoms with Crippen LogP contribution in [0, 0.1) is 12.3 Å². The zero-order valence-electron chi connectivity index (χ0n) is 16.9. The first-order chi connectivity index (χ1) is 12.0. The average Bonchev–Trinajstić information content (AvgIpc) is 2.57. The lowest BCUT2D eigenvalue weighted by Gasteiger charge is -2.42. The maximum absolute atomic E-state index is 13.1. The lowest BCUT2D eigenvalue weighted by molar-refractivity contribution is 0.0532. The average molecular weight is 418 g/mol. The minimum Gasteiger partial charge on any atom is -0.338 e. The maximum Gasteiger partial charge on any atom is 0.254 e. The van der Waals surface area contributed by atoms with E-state index in [1.807, 2.05) is 6.92 Å². The smallest absolute Gasteiger partial charge is 0.254 e. The Hall–Kier alpha value is -1.15. The van der Waals surface area contributed by atoms with Crippen molar-refractivity contribution in [1.29, 1.82) is 0 Å². The van der Waals surface area contributed by atoms with Crippen molar-refractivity contribution in [3.05, 3.63) is 29.3 Å². The van der Waals surface area contributed by atoms with E-state index in [0.717, 1.165) is 12.0 Å². The van der Waals surface area contributed by atoms with Gasteiger partial charge in [-0.05, 0) is 36.5 Å². The van der Waals surface area contributed by atoms with Gasteiger partial charge in [-0.1, -0.05) is 33.8 Å². The number of piperidine rings is 1. The number of aryl methyl sites for hydroxylation is 1. The van der Waals surface area contributed by atoms with Crippen LogP contribution < -0.4 is 5.73 Å². The van der Waals surface area contributed by atoms with Crippen LogP contribution in [0.1, 0.15) is 50.0 Å². The highest BCUT2D eigenvalue weighted by Gasteiger charge is 2.36. The van der Waals surface area contributed by atoms with Crippen molar-refractivity contribution in [1.82, 2.24) is 9.21 Å². The highest BCUT2D eigenvalue weighted by molar-refractivity contribution is 7.89. The van der Waals surface area contributed by atoms with Gasteiger partial charge in [0.2, 0.25) is 10.0 Å². The quantitative estimate of drug-likeness (QED) is 0.798. The summed E-state index contributed by atoms with van der Waals surface area (Å²) in [6.07, 6.45) is 0.745. The van der Waals surface area contributed by atoms with E-state index in [2.05, 4.69) is 13.8 Å². The fraction of sp³-hybridized carbons (Fsp3) is 0.632. The molecule has 1 aromatic carbocycles. The molecule has 1 unspecified atom stereocenters. The summed E-state index contributed by atoms with van der Waals surface area (Å²) in [7, 11) is -3.59. The Kier molecular flexibility index (Phi) is 7.88. The normalized spacial score (nSPS) is 19.7. The highest BCUT2D eigenvalue weighted by Crippen LogP contribution is 2.29. The Morgan fingerprint density at radius 1 is 1.30 bits per heavy atom. The third kappa shape index (κ3) is 4.83. The Labute approximate surface area is 169 Å². The Morgan fingerprint density at radius 2 is 1.89 bits per heavy atom. The molecule has 8 heteroatoms. The molecule has 1 aliphatic heterocycles. The summed E-state index contributed by atoms with van der Waals surface area (Å²) in [4.78, 5) is 15.0. The number of benzene rings is 1. The summed E-state index contributed by atoms with van der Waals surface area (Å²) in [5.74, 6) is -0.126. The van der Waals surface area contributed by atoms with Gasteiger partial charge in [-0.15, -0.1) is 12.4 Å². The molecule has 1 amide bonds. The first kappa shape index (κ1) is 23.9. The van der Waals surface area contributed by atoms with Crippen LogP contribution in [-0.2, 0) is 10.0 Å². The van der Waals surface area contributed by atoms with Gasteiger partial charge in [-0.25, -0.2) is 8.42 Å². The summed E-state index contributed by atoms with van der Waals surface area (Å²) in [5.41, 5.74) is 7.23. The fourth-order valence-electron chi connectivity index (χ4n) is 3.42. The SMILES string of the molecule is CCN(CC)S(=O)(=O)c1ccc(C)c(C(=O)N2CCC(N)C(C)(C)C2)c1.Cl. The third-order valence-corrected chi connectivity index (χ3v) is 7.43. The van der Waals surface area contributed by atoms with Gasteiger partial charge in [0.15, 0.2) is 0 Å². The molecule has 2 N–H and O–H groups in total.